The Labute approximate surface area is 185 Å². The Balaban J connectivity index is 2.22. The first-order valence-electron chi connectivity index (χ1n) is 11.7. The molecule has 0 atom stereocenters. The van der Waals surface area contributed by atoms with Crippen molar-refractivity contribution in [2.45, 2.75) is 86.0 Å². The molecular weight excluding hydrogens is 368 g/mol. The predicted molar refractivity (Wildman–Crippen MR) is 129 cm³/mol. The molecule has 0 aliphatic carbocycles. The second-order valence-electron chi connectivity index (χ2n) is 9.66. The maximum Gasteiger partial charge on any atom is 0.122 e. The minimum atomic E-state index is 0.0106. The molecular formula is C28H42O2. The number of ether oxygens (including phenoxy) is 2. The lowest BCUT2D eigenvalue weighted by Gasteiger charge is -2.34. The van der Waals surface area contributed by atoms with Crippen LogP contribution in [-0.4, -0.2) is 13.2 Å². The highest BCUT2D eigenvalue weighted by Gasteiger charge is 2.31. The second kappa shape index (κ2) is 10.9. The van der Waals surface area contributed by atoms with E-state index in [-0.39, 0.29) is 5.41 Å². The number of benzene rings is 2. The molecule has 0 aromatic heterocycles. The molecule has 2 rings (SSSR count). The molecule has 0 heterocycles. The Hall–Kier alpha value is -1.96. The van der Waals surface area contributed by atoms with Gasteiger partial charge >= 0.3 is 0 Å². The smallest absolute Gasteiger partial charge is 0.122 e. The SMILES string of the molecule is CCCCOc1ccc(C(CC)(CC)c2ccc(OCCC(C)(C)C)c(C)c2)cc1. The monoisotopic (exact) mass is 410 g/mol. The number of rotatable bonds is 11. The van der Waals surface area contributed by atoms with Gasteiger partial charge in [0, 0.05) is 5.41 Å². The zero-order valence-electron chi connectivity index (χ0n) is 20.3. The second-order valence-corrected chi connectivity index (χ2v) is 9.66. The predicted octanol–water partition coefficient (Wildman–Crippen LogP) is 8.10. The quantitative estimate of drug-likeness (QED) is 0.348. The van der Waals surface area contributed by atoms with Crippen LogP contribution in [0.4, 0.5) is 0 Å². The first kappa shape index (κ1) is 24.3. The van der Waals surface area contributed by atoms with E-state index in [1.807, 2.05) is 0 Å². The zero-order chi connectivity index (χ0) is 22.2. The minimum absolute atomic E-state index is 0.0106. The standard InChI is InChI=1S/C28H42O2/c1-8-11-19-29-25-15-12-23(13-16-25)28(9-2,10-3)24-14-17-26(22(4)21-24)30-20-18-27(5,6)7/h12-17,21H,8-11,18-20H2,1-7H3. The first-order chi connectivity index (χ1) is 14.3. The third-order valence-corrected chi connectivity index (χ3v) is 6.22. The van der Waals surface area contributed by atoms with Gasteiger partial charge in [0.25, 0.3) is 0 Å². The van der Waals surface area contributed by atoms with Gasteiger partial charge in [-0.25, -0.2) is 0 Å². The van der Waals surface area contributed by atoms with Crippen molar-refractivity contribution >= 4 is 0 Å². The first-order valence-corrected chi connectivity index (χ1v) is 11.7. The van der Waals surface area contributed by atoms with E-state index in [0.29, 0.717) is 5.41 Å². The van der Waals surface area contributed by atoms with E-state index in [1.54, 1.807) is 0 Å². The Bertz CT molecular complexity index is 764. The molecule has 0 saturated heterocycles. The van der Waals surface area contributed by atoms with Crippen LogP contribution in [0.15, 0.2) is 42.5 Å². The van der Waals surface area contributed by atoms with Crippen LogP contribution in [0, 0.1) is 12.3 Å². The summed E-state index contributed by atoms with van der Waals surface area (Å²) < 4.78 is 12.0. The largest absolute Gasteiger partial charge is 0.494 e. The van der Waals surface area contributed by atoms with Crippen LogP contribution in [0.3, 0.4) is 0 Å². The number of unbranched alkanes of at least 4 members (excludes halogenated alkanes) is 1. The molecule has 0 aliphatic heterocycles. The fourth-order valence-electron chi connectivity index (χ4n) is 4.01. The average molecular weight is 411 g/mol. The highest BCUT2D eigenvalue weighted by Crippen LogP contribution is 2.40. The summed E-state index contributed by atoms with van der Waals surface area (Å²) in [5, 5.41) is 0. The lowest BCUT2D eigenvalue weighted by atomic mass is 9.70. The highest BCUT2D eigenvalue weighted by atomic mass is 16.5. The molecule has 0 bridgehead atoms. The van der Waals surface area contributed by atoms with Gasteiger partial charge in [-0.05, 0) is 72.9 Å². The van der Waals surface area contributed by atoms with Gasteiger partial charge in [-0.1, -0.05) is 72.2 Å². The van der Waals surface area contributed by atoms with Crippen LogP contribution < -0.4 is 9.47 Å². The van der Waals surface area contributed by atoms with Crippen molar-refractivity contribution in [1.29, 1.82) is 0 Å². The molecule has 0 N–H and O–H groups in total. The van der Waals surface area contributed by atoms with Crippen molar-refractivity contribution in [1.82, 2.24) is 0 Å². The molecule has 2 aromatic rings. The molecule has 0 aliphatic rings. The van der Waals surface area contributed by atoms with Crippen molar-refractivity contribution < 1.29 is 9.47 Å². The van der Waals surface area contributed by atoms with Gasteiger partial charge in [0.2, 0.25) is 0 Å². The summed E-state index contributed by atoms with van der Waals surface area (Å²) in [6.45, 7) is 17.2. The fourth-order valence-corrected chi connectivity index (χ4v) is 4.01. The maximum absolute atomic E-state index is 6.10. The zero-order valence-corrected chi connectivity index (χ0v) is 20.3. The van der Waals surface area contributed by atoms with E-state index in [0.717, 1.165) is 56.8 Å². The van der Waals surface area contributed by atoms with Crippen LogP contribution in [0.1, 0.15) is 90.3 Å². The van der Waals surface area contributed by atoms with Gasteiger partial charge in [-0.15, -0.1) is 0 Å². The summed E-state index contributed by atoms with van der Waals surface area (Å²) in [4.78, 5) is 0. The van der Waals surface area contributed by atoms with Crippen molar-refractivity contribution in [3.63, 3.8) is 0 Å². The Morgan fingerprint density at radius 1 is 0.767 bits per heavy atom. The van der Waals surface area contributed by atoms with Crippen LogP contribution in [-0.2, 0) is 5.41 Å². The van der Waals surface area contributed by atoms with Gasteiger partial charge < -0.3 is 9.47 Å². The van der Waals surface area contributed by atoms with Gasteiger partial charge in [-0.3, -0.25) is 0 Å². The van der Waals surface area contributed by atoms with Crippen molar-refractivity contribution in [2.75, 3.05) is 13.2 Å². The highest BCUT2D eigenvalue weighted by molar-refractivity contribution is 5.46. The number of hydrogen-bond acceptors (Lipinski definition) is 2. The van der Waals surface area contributed by atoms with Gasteiger partial charge in [0.15, 0.2) is 0 Å². The van der Waals surface area contributed by atoms with Gasteiger partial charge in [-0.2, -0.15) is 0 Å². The molecule has 0 unspecified atom stereocenters. The van der Waals surface area contributed by atoms with Crippen LogP contribution in [0.5, 0.6) is 11.5 Å². The van der Waals surface area contributed by atoms with E-state index >= 15 is 0 Å². The topological polar surface area (TPSA) is 18.5 Å². The summed E-state index contributed by atoms with van der Waals surface area (Å²) in [7, 11) is 0. The normalized spacial score (nSPS) is 12.1. The van der Waals surface area contributed by atoms with Crippen LogP contribution >= 0.6 is 0 Å². The van der Waals surface area contributed by atoms with Crippen molar-refractivity contribution in [2.24, 2.45) is 5.41 Å². The Morgan fingerprint density at radius 3 is 1.93 bits per heavy atom. The molecule has 0 amide bonds. The van der Waals surface area contributed by atoms with E-state index in [2.05, 4.69) is 90.9 Å². The summed E-state index contributed by atoms with van der Waals surface area (Å²) in [6.07, 6.45) is 5.42. The average Bonchev–Trinajstić information content (AvgIpc) is 2.71. The van der Waals surface area contributed by atoms with E-state index in [4.69, 9.17) is 9.47 Å². The third kappa shape index (κ3) is 6.27. The van der Waals surface area contributed by atoms with Crippen LogP contribution in [0.2, 0.25) is 0 Å². The van der Waals surface area contributed by atoms with Crippen molar-refractivity contribution in [3.05, 3.63) is 59.2 Å². The van der Waals surface area contributed by atoms with Gasteiger partial charge in [0.05, 0.1) is 13.2 Å². The summed E-state index contributed by atoms with van der Waals surface area (Å²) >= 11 is 0. The number of hydrogen-bond donors (Lipinski definition) is 0. The van der Waals surface area contributed by atoms with E-state index < -0.39 is 0 Å². The lowest BCUT2D eigenvalue weighted by molar-refractivity contribution is 0.242. The van der Waals surface area contributed by atoms with E-state index in [9.17, 15) is 0 Å². The Morgan fingerprint density at radius 2 is 1.40 bits per heavy atom. The molecule has 30 heavy (non-hydrogen) atoms. The molecule has 0 fully saturated rings. The lowest BCUT2D eigenvalue weighted by Crippen LogP contribution is -2.26. The van der Waals surface area contributed by atoms with Crippen LogP contribution in [0.25, 0.3) is 0 Å². The Kier molecular flexibility index (Phi) is 8.82. The molecule has 166 valence electrons. The molecule has 0 saturated carbocycles. The maximum atomic E-state index is 6.10. The van der Waals surface area contributed by atoms with Crippen molar-refractivity contribution in [3.8, 4) is 11.5 Å². The summed E-state index contributed by atoms with van der Waals surface area (Å²) in [5.41, 5.74) is 4.24. The molecule has 0 radical (unpaired) electrons. The van der Waals surface area contributed by atoms with Gasteiger partial charge in [0.1, 0.15) is 11.5 Å². The molecule has 2 nitrogen and oxygen atoms in total. The third-order valence-electron chi connectivity index (χ3n) is 6.22. The summed E-state index contributed by atoms with van der Waals surface area (Å²) in [5.74, 6) is 1.97. The molecule has 2 heteroatoms. The molecule has 2 aromatic carbocycles. The fraction of sp³-hybridized carbons (Fsp3) is 0.571. The summed E-state index contributed by atoms with van der Waals surface area (Å²) in [6, 6.07) is 15.5. The molecule has 0 spiro atoms. The number of aryl methyl sites for hydroxylation is 1. The minimum Gasteiger partial charge on any atom is -0.494 e. The van der Waals surface area contributed by atoms with E-state index in [1.165, 1.54) is 16.7 Å².